The summed E-state index contributed by atoms with van der Waals surface area (Å²) in [5.41, 5.74) is 7.52. The Kier molecular flexibility index (Phi) is 2.45. The Morgan fingerprint density at radius 3 is 2.65 bits per heavy atom. The van der Waals surface area contributed by atoms with Crippen molar-refractivity contribution < 1.29 is 0 Å². The number of hydrogen-bond acceptors (Lipinski definition) is 5. The van der Waals surface area contributed by atoms with Crippen LogP contribution in [0.4, 0.5) is 5.95 Å². The Labute approximate surface area is 102 Å². The van der Waals surface area contributed by atoms with E-state index < -0.39 is 0 Å². The third kappa shape index (κ3) is 2.09. The lowest BCUT2D eigenvalue weighted by Crippen LogP contribution is -1.96. The highest BCUT2D eigenvalue weighted by molar-refractivity contribution is 7.18. The van der Waals surface area contributed by atoms with Crippen LogP contribution >= 0.6 is 11.3 Å². The van der Waals surface area contributed by atoms with Crippen LogP contribution < -0.4 is 5.73 Å². The molecule has 0 fully saturated rings. The lowest BCUT2D eigenvalue weighted by Gasteiger charge is -1.96. The molecule has 2 aromatic heterocycles. The van der Waals surface area contributed by atoms with Gasteiger partial charge in [0.05, 0.1) is 15.2 Å². The first-order valence-electron chi connectivity index (χ1n) is 5.22. The number of rotatable bonds is 2. The molecule has 4 nitrogen and oxygen atoms in total. The van der Waals surface area contributed by atoms with Gasteiger partial charge in [0, 0.05) is 18.8 Å². The van der Waals surface area contributed by atoms with Gasteiger partial charge in [0.2, 0.25) is 5.95 Å². The summed E-state index contributed by atoms with van der Waals surface area (Å²) in [4.78, 5) is 12.5. The highest BCUT2D eigenvalue weighted by Gasteiger charge is 2.04. The molecule has 0 amide bonds. The Balaban J connectivity index is 1.92. The zero-order chi connectivity index (χ0) is 11.7. The first-order chi connectivity index (χ1) is 8.31. The summed E-state index contributed by atoms with van der Waals surface area (Å²) in [5, 5.41) is 1.07. The van der Waals surface area contributed by atoms with Crippen molar-refractivity contribution in [3.63, 3.8) is 0 Å². The van der Waals surface area contributed by atoms with Gasteiger partial charge >= 0.3 is 0 Å². The normalized spacial score (nSPS) is 10.8. The van der Waals surface area contributed by atoms with Crippen LogP contribution in [0.5, 0.6) is 0 Å². The number of fused-ring (bicyclic) bond motifs is 1. The molecule has 0 aliphatic carbocycles. The van der Waals surface area contributed by atoms with Crippen LogP contribution in [-0.2, 0) is 6.42 Å². The number of nitrogen functional groups attached to an aromatic ring is 1. The van der Waals surface area contributed by atoms with Crippen LogP contribution in [-0.4, -0.2) is 15.0 Å². The maximum absolute atomic E-state index is 5.45. The molecule has 2 heterocycles. The number of aromatic nitrogens is 3. The molecule has 17 heavy (non-hydrogen) atoms. The molecule has 84 valence electrons. The summed E-state index contributed by atoms with van der Waals surface area (Å²) in [5.74, 6) is 0.304. The van der Waals surface area contributed by atoms with Gasteiger partial charge in [-0.2, -0.15) is 0 Å². The average molecular weight is 242 g/mol. The largest absolute Gasteiger partial charge is 0.368 e. The minimum atomic E-state index is 0.304. The number of nitrogens with two attached hydrogens (primary N) is 1. The predicted octanol–water partition coefficient (Wildman–Crippen LogP) is 2.26. The predicted molar refractivity (Wildman–Crippen MR) is 68.9 cm³/mol. The van der Waals surface area contributed by atoms with Crippen molar-refractivity contribution in [2.45, 2.75) is 6.42 Å². The van der Waals surface area contributed by atoms with Crippen molar-refractivity contribution in [3.8, 4) is 0 Å². The zero-order valence-corrected chi connectivity index (χ0v) is 9.81. The van der Waals surface area contributed by atoms with E-state index in [0.29, 0.717) is 5.95 Å². The third-order valence-corrected chi connectivity index (χ3v) is 3.46. The number of thiazole rings is 1. The molecule has 0 bridgehead atoms. The minimum absolute atomic E-state index is 0.304. The second-order valence-corrected chi connectivity index (χ2v) is 4.82. The molecular formula is C12H10N4S. The molecule has 5 heteroatoms. The maximum atomic E-state index is 5.45. The molecule has 0 saturated carbocycles. The second-order valence-electron chi connectivity index (χ2n) is 3.70. The van der Waals surface area contributed by atoms with Crippen molar-refractivity contribution in [2.75, 3.05) is 5.73 Å². The molecule has 0 aliphatic heterocycles. The van der Waals surface area contributed by atoms with Gasteiger partial charge < -0.3 is 5.73 Å². The van der Waals surface area contributed by atoms with Crippen molar-refractivity contribution in [1.29, 1.82) is 0 Å². The van der Waals surface area contributed by atoms with Gasteiger partial charge in [-0.25, -0.2) is 15.0 Å². The van der Waals surface area contributed by atoms with E-state index in [-0.39, 0.29) is 0 Å². The van der Waals surface area contributed by atoms with E-state index >= 15 is 0 Å². The Hall–Kier alpha value is -2.01. The molecule has 3 rings (SSSR count). The van der Waals surface area contributed by atoms with Crippen LogP contribution in [0.2, 0.25) is 0 Å². The smallest absolute Gasteiger partial charge is 0.219 e. The topological polar surface area (TPSA) is 64.7 Å². The van der Waals surface area contributed by atoms with E-state index in [0.717, 1.165) is 22.5 Å². The summed E-state index contributed by atoms with van der Waals surface area (Å²) in [6.45, 7) is 0. The molecule has 0 atom stereocenters. The van der Waals surface area contributed by atoms with Crippen molar-refractivity contribution >= 4 is 27.5 Å². The van der Waals surface area contributed by atoms with E-state index in [1.165, 1.54) is 4.70 Å². The number of hydrogen-bond donors (Lipinski definition) is 1. The quantitative estimate of drug-likeness (QED) is 0.748. The van der Waals surface area contributed by atoms with Gasteiger partial charge in [0.25, 0.3) is 0 Å². The molecular weight excluding hydrogens is 232 g/mol. The summed E-state index contributed by atoms with van der Waals surface area (Å²) in [6.07, 6.45) is 4.24. The lowest BCUT2D eigenvalue weighted by atomic mass is 10.2. The molecule has 1 aromatic carbocycles. The number of nitrogens with zero attached hydrogens (tertiary/aromatic N) is 3. The average Bonchev–Trinajstić information content (AvgIpc) is 2.74. The van der Waals surface area contributed by atoms with Gasteiger partial charge in [-0.3, -0.25) is 0 Å². The monoisotopic (exact) mass is 242 g/mol. The highest BCUT2D eigenvalue weighted by atomic mass is 32.1. The fraction of sp³-hybridized carbons (Fsp3) is 0.0833. The van der Waals surface area contributed by atoms with E-state index in [1.807, 2.05) is 18.2 Å². The van der Waals surface area contributed by atoms with E-state index in [2.05, 4.69) is 21.0 Å². The van der Waals surface area contributed by atoms with Gasteiger partial charge in [0.1, 0.15) is 0 Å². The zero-order valence-electron chi connectivity index (χ0n) is 9.00. The first-order valence-corrected chi connectivity index (χ1v) is 6.04. The molecule has 2 N–H and O–H groups in total. The maximum Gasteiger partial charge on any atom is 0.219 e. The van der Waals surface area contributed by atoms with Gasteiger partial charge in [0.15, 0.2) is 0 Å². The van der Waals surface area contributed by atoms with Crippen LogP contribution in [0, 0.1) is 0 Å². The Morgan fingerprint density at radius 1 is 1.12 bits per heavy atom. The molecule has 0 saturated heterocycles. The van der Waals surface area contributed by atoms with Gasteiger partial charge in [-0.1, -0.05) is 12.1 Å². The fourth-order valence-electron chi connectivity index (χ4n) is 1.63. The minimum Gasteiger partial charge on any atom is -0.368 e. The van der Waals surface area contributed by atoms with Crippen molar-refractivity contribution in [1.82, 2.24) is 15.0 Å². The first kappa shape index (κ1) is 10.2. The van der Waals surface area contributed by atoms with Crippen LogP contribution in [0.3, 0.4) is 0 Å². The van der Waals surface area contributed by atoms with Gasteiger partial charge in [-0.05, 0) is 17.7 Å². The lowest BCUT2D eigenvalue weighted by molar-refractivity contribution is 1.07. The Bertz CT molecular complexity index is 612. The van der Waals surface area contributed by atoms with Crippen LogP contribution in [0.1, 0.15) is 10.6 Å². The summed E-state index contributed by atoms with van der Waals surface area (Å²) in [6, 6.07) is 8.12. The number of benzene rings is 1. The van der Waals surface area contributed by atoms with Crippen LogP contribution in [0.15, 0.2) is 36.7 Å². The molecule has 3 aromatic rings. The number of anilines is 1. The number of para-hydroxylation sites is 1. The fourth-order valence-corrected chi connectivity index (χ4v) is 2.63. The molecule has 0 spiro atoms. The van der Waals surface area contributed by atoms with Crippen molar-refractivity contribution in [2.24, 2.45) is 0 Å². The Morgan fingerprint density at radius 2 is 1.88 bits per heavy atom. The molecule has 0 radical (unpaired) electrons. The summed E-state index contributed by atoms with van der Waals surface area (Å²) >= 11 is 1.70. The molecule has 0 unspecified atom stereocenters. The van der Waals surface area contributed by atoms with Crippen LogP contribution in [0.25, 0.3) is 10.2 Å². The highest BCUT2D eigenvalue weighted by Crippen LogP contribution is 2.23. The summed E-state index contributed by atoms with van der Waals surface area (Å²) in [7, 11) is 0. The van der Waals surface area contributed by atoms with E-state index in [1.54, 1.807) is 23.7 Å². The summed E-state index contributed by atoms with van der Waals surface area (Å²) < 4.78 is 1.21. The second kappa shape index (κ2) is 4.10. The van der Waals surface area contributed by atoms with Gasteiger partial charge in [-0.15, -0.1) is 11.3 Å². The standard InChI is InChI=1S/C12H10N4S/c13-12-14-6-8(7-15-12)5-11-16-9-3-1-2-4-10(9)17-11/h1-4,6-7H,5H2,(H2,13,14,15). The van der Waals surface area contributed by atoms with E-state index in [4.69, 9.17) is 5.73 Å². The third-order valence-electron chi connectivity index (χ3n) is 2.42. The SMILES string of the molecule is Nc1ncc(Cc2nc3ccccc3s2)cn1. The van der Waals surface area contributed by atoms with Crippen molar-refractivity contribution in [3.05, 3.63) is 47.2 Å². The molecule has 0 aliphatic rings. The van der Waals surface area contributed by atoms with E-state index in [9.17, 15) is 0 Å².